The molecule has 0 atom stereocenters. The number of carbonyl (C=O) groups excluding carboxylic acids is 1. The van der Waals surface area contributed by atoms with Crippen LogP contribution in [0.4, 0.5) is 5.69 Å². The fourth-order valence-electron chi connectivity index (χ4n) is 1.48. The van der Waals surface area contributed by atoms with E-state index in [1.165, 1.54) is 19.1 Å². The summed E-state index contributed by atoms with van der Waals surface area (Å²) in [6.45, 7) is 1.39. The highest BCUT2D eigenvalue weighted by atomic mass is 16.4. The van der Waals surface area contributed by atoms with Crippen molar-refractivity contribution >= 4 is 23.5 Å². The molecule has 0 spiro atoms. The van der Waals surface area contributed by atoms with E-state index in [9.17, 15) is 14.4 Å². The molecular weight excluding hydrogens is 286 g/mol. The second-order valence-electron chi connectivity index (χ2n) is 4.23. The highest BCUT2D eigenvalue weighted by molar-refractivity contribution is 5.91. The number of aromatic carboxylic acids is 2. The largest absolute Gasteiger partial charge is 0.478 e. The smallest absolute Gasteiger partial charge is 0.335 e. The highest BCUT2D eigenvalue weighted by Crippen LogP contribution is 2.08. The lowest BCUT2D eigenvalue weighted by molar-refractivity contribution is -0.114. The zero-order valence-electron chi connectivity index (χ0n) is 11.8. The van der Waals surface area contributed by atoms with Gasteiger partial charge in [0.05, 0.1) is 11.1 Å². The van der Waals surface area contributed by atoms with Crippen molar-refractivity contribution < 1.29 is 24.6 Å². The molecule has 3 N–H and O–H groups in total. The SMILES string of the molecule is CC(=O)Nc1ccc(C(=O)O)cc1.O=C(O)c1ccccc1. The molecule has 0 aliphatic carbocycles. The van der Waals surface area contributed by atoms with Gasteiger partial charge in [-0.15, -0.1) is 0 Å². The molecule has 0 radical (unpaired) electrons. The molecule has 2 aromatic carbocycles. The lowest BCUT2D eigenvalue weighted by atomic mass is 10.2. The van der Waals surface area contributed by atoms with Gasteiger partial charge < -0.3 is 15.5 Å². The van der Waals surface area contributed by atoms with Gasteiger partial charge in [0.1, 0.15) is 0 Å². The van der Waals surface area contributed by atoms with E-state index in [4.69, 9.17) is 10.2 Å². The number of benzene rings is 2. The van der Waals surface area contributed by atoms with Crippen molar-refractivity contribution in [2.24, 2.45) is 0 Å². The Hall–Kier alpha value is -3.15. The van der Waals surface area contributed by atoms with Gasteiger partial charge in [-0.2, -0.15) is 0 Å². The first-order chi connectivity index (χ1) is 10.4. The van der Waals surface area contributed by atoms with Crippen LogP contribution >= 0.6 is 0 Å². The van der Waals surface area contributed by atoms with Gasteiger partial charge in [-0.25, -0.2) is 9.59 Å². The number of amides is 1. The minimum Gasteiger partial charge on any atom is -0.478 e. The minimum atomic E-state index is -0.977. The Labute approximate surface area is 127 Å². The third kappa shape index (κ3) is 5.87. The van der Waals surface area contributed by atoms with Crippen molar-refractivity contribution in [2.75, 3.05) is 5.32 Å². The molecule has 0 bridgehead atoms. The second-order valence-corrected chi connectivity index (χ2v) is 4.23. The molecule has 0 fully saturated rings. The van der Waals surface area contributed by atoms with Crippen LogP contribution in [0.5, 0.6) is 0 Å². The number of nitrogens with one attached hydrogen (secondary N) is 1. The molecule has 0 saturated carbocycles. The van der Waals surface area contributed by atoms with Gasteiger partial charge in [0.25, 0.3) is 0 Å². The first-order valence-electron chi connectivity index (χ1n) is 6.29. The van der Waals surface area contributed by atoms with Gasteiger partial charge in [-0.3, -0.25) is 4.79 Å². The van der Waals surface area contributed by atoms with E-state index in [-0.39, 0.29) is 11.5 Å². The third-order valence-corrected chi connectivity index (χ3v) is 2.47. The van der Waals surface area contributed by atoms with Gasteiger partial charge in [-0.05, 0) is 36.4 Å². The number of carbonyl (C=O) groups is 3. The van der Waals surface area contributed by atoms with E-state index < -0.39 is 11.9 Å². The summed E-state index contributed by atoms with van der Waals surface area (Å²) in [5.74, 6) is -2.03. The van der Waals surface area contributed by atoms with Crippen molar-refractivity contribution in [3.05, 3.63) is 65.7 Å². The van der Waals surface area contributed by atoms with E-state index in [2.05, 4.69) is 5.32 Å². The van der Waals surface area contributed by atoms with Crippen LogP contribution in [0.25, 0.3) is 0 Å². The maximum Gasteiger partial charge on any atom is 0.335 e. The van der Waals surface area contributed by atoms with Crippen LogP contribution in [0, 0.1) is 0 Å². The second kappa shape index (κ2) is 8.21. The fourth-order valence-corrected chi connectivity index (χ4v) is 1.48. The van der Waals surface area contributed by atoms with E-state index in [1.54, 1.807) is 42.5 Å². The quantitative estimate of drug-likeness (QED) is 0.808. The third-order valence-electron chi connectivity index (χ3n) is 2.47. The van der Waals surface area contributed by atoms with Gasteiger partial charge in [-0.1, -0.05) is 18.2 Å². The van der Waals surface area contributed by atoms with E-state index in [1.807, 2.05) is 0 Å². The standard InChI is InChI=1S/C9H9NO3.C7H6O2/c1-6(11)10-8-4-2-7(3-5-8)9(12)13;8-7(9)6-4-2-1-3-5-6/h2-5H,1H3,(H,10,11)(H,12,13);1-5H,(H,8,9). The molecule has 2 aromatic rings. The highest BCUT2D eigenvalue weighted by Gasteiger charge is 2.01. The van der Waals surface area contributed by atoms with Gasteiger partial charge >= 0.3 is 11.9 Å². The predicted molar refractivity (Wildman–Crippen MR) is 81.1 cm³/mol. The van der Waals surface area contributed by atoms with Crippen molar-refractivity contribution in [1.29, 1.82) is 0 Å². The van der Waals surface area contributed by atoms with Gasteiger partial charge in [0, 0.05) is 12.6 Å². The van der Waals surface area contributed by atoms with Crippen LogP contribution in [-0.4, -0.2) is 28.1 Å². The van der Waals surface area contributed by atoms with Crippen LogP contribution in [0.2, 0.25) is 0 Å². The number of hydrogen-bond acceptors (Lipinski definition) is 3. The summed E-state index contributed by atoms with van der Waals surface area (Å²) in [5, 5.41) is 19.5. The molecule has 6 nitrogen and oxygen atoms in total. The Kier molecular flexibility index (Phi) is 6.31. The van der Waals surface area contributed by atoms with Crippen molar-refractivity contribution in [3.8, 4) is 0 Å². The van der Waals surface area contributed by atoms with E-state index >= 15 is 0 Å². The Morgan fingerprint density at radius 3 is 1.59 bits per heavy atom. The van der Waals surface area contributed by atoms with Crippen LogP contribution in [0.15, 0.2) is 54.6 Å². The minimum absolute atomic E-state index is 0.178. The Bertz CT molecular complexity index is 650. The number of hydrogen-bond donors (Lipinski definition) is 3. The zero-order valence-corrected chi connectivity index (χ0v) is 11.8. The maximum absolute atomic E-state index is 10.6. The molecule has 114 valence electrons. The summed E-state index contributed by atoms with van der Waals surface area (Å²) >= 11 is 0. The predicted octanol–water partition coefficient (Wildman–Crippen LogP) is 2.73. The van der Waals surface area contributed by atoms with Crippen LogP contribution in [-0.2, 0) is 4.79 Å². The topological polar surface area (TPSA) is 104 Å². The Balaban J connectivity index is 0.000000235. The lowest BCUT2D eigenvalue weighted by Crippen LogP contribution is -2.05. The molecule has 2 rings (SSSR count). The molecule has 0 aliphatic rings. The summed E-state index contributed by atoms with van der Waals surface area (Å²) in [6, 6.07) is 14.3. The molecule has 0 aliphatic heterocycles. The van der Waals surface area contributed by atoms with Gasteiger partial charge in [0.2, 0.25) is 5.91 Å². The van der Waals surface area contributed by atoms with Crippen LogP contribution in [0.1, 0.15) is 27.6 Å². The van der Waals surface area contributed by atoms with E-state index in [0.29, 0.717) is 11.3 Å². The van der Waals surface area contributed by atoms with Gasteiger partial charge in [0.15, 0.2) is 0 Å². The van der Waals surface area contributed by atoms with Crippen molar-refractivity contribution in [3.63, 3.8) is 0 Å². The van der Waals surface area contributed by atoms with Crippen LogP contribution in [0.3, 0.4) is 0 Å². The molecule has 0 unspecified atom stereocenters. The molecule has 22 heavy (non-hydrogen) atoms. The van der Waals surface area contributed by atoms with E-state index in [0.717, 1.165) is 0 Å². The normalized spacial score (nSPS) is 9.14. The summed E-state index contributed by atoms with van der Waals surface area (Å²) in [4.78, 5) is 31.3. The Morgan fingerprint density at radius 2 is 1.23 bits per heavy atom. The molecule has 1 amide bonds. The number of carboxylic acids is 2. The summed E-state index contributed by atoms with van der Waals surface area (Å²) in [7, 11) is 0. The molecule has 6 heteroatoms. The number of carboxylic acid groups (broad SMARTS) is 2. The maximum atomic E-state index is 10.6. The molecule has 0 heterocycles. The average molecular weight is 301 g/mol. The first-order valence-corrected chi connectivity index (χ1v) is 6.29. The summed E-state index contributed by atoms with van der Waals surface area (Å²) < 4.78 is 0. The van der Waals surface area contributed by atoms with Crippen molar-refractivity contribution in [2.45, 2.75) is 6.92 Å². The molecule has 0 saturated heterocycles. The fraction of sp³-hybridized carbons (Fsp3) is 0.0625. The van der Waals surface area contributed by atoms with Crippen molar-refractivity contribution in [1.82, 2.24) is 0 Å². The first kappa shape index (κ1) is 16.9. The number of rotatable bonds is 3. The molecular formula is C16H15NO5. The monoisotopic (exact) mass is 301 g/mol. The average Bonchev–Trinajstić information content (AvgIpc) is 2.48. The number of anilines is 1. The zero-order chi connectivity index (χ0) is 16.5. The summed E-state index contributed by atoms with van der Waals surface area (Å²) in [5.41, 5.74) is 1.13. The summed E-state index contributed by atoms with van der Waals surface area (Å²) in [6.07, 6.45) is 0. The molecule has 0 aromatic heterocycles. The van der Waals surface area contributed by atoms with Crippen LogP contribution < -0.4 is 5.32 Å². The lowest BCUT2D eigenvalue weighted by Gasteiger charge is -2.01. The Morgan fingerprint density at radius 1 is 0.773 bits per heavy atom.